The van der Waals surface area contributed by atoms with Gasteiger partial charge in [0, 0.05) is 12.2 Å². The standard InChI is InChI=1S/C29H41N3O5/c1-9-32(27(35)23(16-18(2)3)30-28(36)37-29(6,7)8)25(21-14-11-15-22(33)17-21)26(34)31-24-19(4)12-10-13-20(24)5/h10-15,17-18,23,25,33H,9,16H2,1-8H3,(H,30,36)(H,31,34). The maximum atomic E-state index is 13.9. The van der Waals surface area contributed by atoms with Crippen LogP contribution in [0, 0.1) is 19.8 Å². The van der Waals surface area contributed by atoms with Gasteiger partial charge in [-0.25, -0.2) is 4.79 Å². The number of phenols is 1. The third kappa shape index (κ3) is 8.51. The molecule has 0 fully saturated rings. The van der Waals surface area contributed by atoms with Gasteiger partial charge < -0.3 is 25.4 Å². The van der Waals surface area contributed by atoms with Gasteiger partial charge in [0.2, 0.25) is 5.91 Å². The number of amides is 3. The molecule has 37 heavy (non-hydrogen) atoms. The van der Waals surface area contributed by atoms with E-state index in [-0.39, 0.29) is 18.2 Å². The number of alkyl carbamates (subject to hydrolysis) is 1. The number of phenolic OH excluding ortho intramolecular Hbond substituents is 1. The molecule has 2 atom stereocenters. The molecule has 0 heterocycles. The van der Waals surface area contributed by atoms with Crippen molar-refractivity contribution >= 4 is 23.6 Å². The van der Waals surface area contributed by atoms with E-state index < -0.39 is 35.6 Å². The highest BCUT2D eigenvalue weighted by atomic mass is 16.6. The molecule has 0 aromatic heterocycles. The van der Waals surface area contributed by atoms with Gasteiger partial charge in [-0.05, 0) is 82.7 Å². The Hall–Kier alpha value is -3.55. The minimum atomic E-state index is -1.04. The number of hydrogen-bond donors (Lipinski definition) is 3. The van der Waals surface area contributed by atoms with Gasteiger partial charge in [-0.1, -0.05) is 44.2 Å². The van der Waals surface area contributed by atoms with Gasteiger partial charge >= 0.3 is 6.09 Å². The Morgan fingerprint density at radius 1 is 1.03 bits per heavy atom. The van der Waals surface area contributed by atoms with Crippen molar-refractivity contribution in [3.63, 3.8) is 0 Å². The quantitative estimate of drug-likeness (QED) is 0.413. The summed E-state index contributed by atoms with van der Waals surface area (Å²) in [6, 6.07) is 10.1. The number of aromatic hydroxyl groups is 1. The molecular weight excluding hydrogens is 470 g/mol. The minimum absolute atomic E-state index is 0.0171. The topological polar surface area (TPSA) is 108 Å². The number of likely N-dealkylation sites (N-methyl/N-ethyl adjacent to an activating group) is 1. The van der Waals surface area contributed by atoms with E-state index >= 15 is 0 Å². The van der Waals surface area contributed by atoms with Gasteiger partial charge in [0.05, 0.1) is 0 Å². The fourth-order valence-electron chi connectivity index (χ4n) is 4.18. The smallest absolute Gasteiger partial charge is 0.408 e. The zero-order valence-electron chi connectivity index (χ0n) is 23.2. The van der Waals surface area contributed by atoms with Gasteiger partial charge in [0.25, 0.3) is 5.91 Å². The Morgan fingerprint density at radius 2 is 1.62 bits per heavy atom. The molecule has 0 radical (unpaired) electrons. The summed E-state index contributed by atoms with van der Waals surface area (Å²) in [6.07, 6.45) is -0.337. The Bertz CT molecular complexity index is 1090. The summed E-state index contributed by atoms with van der Waals surface area (Å²) in [6.45, 7) is 14.9. The molecule has 0 bridgehead atoms. The first-order valence-electron chi connectivity index (χ1n) is 12.7. The van der Waals surface area contributed by atoms with Crippen molar-refractivity contribution < 1.29 is 24.2 Å². The fourth-order valence-corrected chi connectivity index (χ4v) is 4.18. The highest BCUT2D eigenvalue weighted by Crippen LogP contribution is 2.29. The molecule has 2 rings (SSSR count). The number of carbonyl (C=O) groups excluding carboxylic acids is 3. The van der Waals surface area contributed by atoms with Crippen molar-refractivity contribution in [1.29, 1.82) is 0 Å². The largest absolute Gasteiger partial charge is 0.508 e. The maximum Gasteiger partial charge on any atom is 0.408 e. The SMILES string of the molecule is CCN(C(=O)C(CC(C)C)NC(=O)OC(C)(C)C)C(C(=O)Nc1c(C)cccc1C)c1cccc(O)c1. The molecule has 3 amide bonds. The molecule has 2 unspecified atom stereocenters. The molecule has 0 aliphatic heterocycles. The molecule has 0 saturated carbocycles. The number of rotatable bonds is 9. The van der Waals surface area contributed by atoms with Crippen LogP contribution in [-0.2, 0) is 14.3 Å². The second-order valence-electron chi connectivity index (χ2n) is 10.7. The number of benzene rings is 2. The van der Waals surface area contributed by atoms with Gasteiger partial charge in [0.1, 0.15) is 23.4 Å². The van der Waals surface area contributed by atoms with Gasteiger partial charge in [-0.15, -0.1) is 0 Å². The predicted molar refractivity (Wildman–Crippen MR) is 145 cm³/mol. The summed E-state index contributed by atoms with van der Waals surface area (Å²) in [7, 11) is 0. The van der Waals surface area contributed by atoms with Crippen LogP contribution in [0.1, 0.15) is 70.7 Å². The van der Waals surface area contributed by atoms with Crippen LogP contribution in [0.4, 0.5) is 10.5 Å². The van der Waals surface area contributed by atoms with Crippen molar-refractivity contribution in [3.8, 4) is 5.75 Å². The van der Waals surface area contributed by atoms with Crippen molar-refractivity contribution in [2.24, 2.45) is 5.92 Å². The Balaban J connectivity index is 2.49. The lowest BCUT2D eigenvalue weighted by atomic mass is 9.98. The first-order valence-corrected chi connectivity index (χ1v) is 12.7. The Kier molecular flexibility index (Phi) is 10.1. The Labute approximate surface area is 220 Å². The molecule has 202 valence electrons. The summed E-state index contributed by atoms with van der Waals surface area (Å²) < 4.78 is 5.39. The fraction of sp³-hybridized carbons (Fsp3) is 0.483. The maximum absolute atomic E-state index is 13.9. The number of carbonyl (C=O) groups is 3. The van der Waals surface area contributed by atoms with Crippen molar-refractivity contribution in [1.82, 2.24) is 10.2 Å². The summed E-state index contributed by atoms with van der Waals surface area (Å²) in [5.41, 5.74) is 2.18. The predicted octanol–water partition coefficient (Wildman–Crippen LogP) is 5.48. The molecule has 0 aliphatic carbocycles. The summed E-state index contributed by atoms with van der Waals surface area (Å²) in [5.74, 6) is -0.757. The van der Waals surface area contributed by atoms with Crippen LogP contribution in [0.25, 0.3) is 0 Å². The van der Waals surface area contributed by atoms with Gasteiger partial charge in [-0.2, -0.15) is 0 Å². The van der Waals surface area contributed by atoms with Crippen LogP contribution in [0.2, 0.25) is 0 Å². The van der Waals surface area contributed by atoms with Crippen LogP contribution in [0.5, 0.6) is 5.75 Å². The zero-order chi connectivity index (χ0) is 27.9. The molecule has 3 N–H and O–H groups in total. The van der Waals surface area contributed by atoms with Crippen LogP contribution in [0.15, 0.2) is 42.5 Å². The lowest BCUT2D eigenvalue weighted by molar-refractivity contribution is -0.140. The Morgan fingerprint density at radius 3 is 2.14 bits per heavy atom. The number of hydrogen-bond acceptors (Lipinski definition) is 5. The molecule has 0 aliphatic rings. The number of para-hydroxylation sites is 1. The number of nitrogens with zero attached hydrogens (tertiary/aromatic N) is 1. The molecule has 2 aromatic rings. The lowest BCUT2D eigenvalue weighted by Gasteiger charge is -2.34. The second kappa shape index (κ2) is 12.6. The first-order chi connectivity index (χ1) is 17.2. The summed E-state index contributed by atoms with van der Waals surface area (Å²) in [5, 5.41) is 15.9. The summed E-state index contributed by atoms with van der Waals surface area (Å²) in [4.78, 5) is 41.7. The van der Waals surface area contributed by atoms with E-state index in [0.29, 0.717) is 17.7 Å². The minimum Gasteiger partial charge on any atom is -0.508 e. The molecule has 0 saturated heterocycles. The number of nitrogens with one attached hydrogen (secondary N) is 2. The average Bonchev–Trinajstić information content (AvgIpc) is 2.77. The van der Waals surface area contributed by atoms with E-state index in [2.05, 4.69) is 10.6 Å². The van der Waals surface area contributed by atoms with Crippen LogP contribution in [-0.4, -0.2) is 46.1 Å². The second-order valence-corrected chi connectivity index (χ2v) is 10.7. The number of aryl methyl sites for hydroxylation is 2. The van der Waals surface area contributed by atoms with Gasteiger partial charge in [0.15, 0.2) is 0 Å². The van der Waals surface area contributed by atoms with Crippen LogP contribution < -0.4 is 10.6 Å². The highest BCUT2D eigenvalue weighted by molar-refractivity contribution is 6.00. The summed E-state index contributed by atoms with van der Waals surface area (Å²) >= 11 is 0. The monoisotopic (exact) mass is 511 g/mol. The molecule has 2 aromatic carbocycles. The van der Waals surface area contributed by atoms with E-state index in [9.17, 15) is 19.5 Å². The number of ether oxygens (including phenoxy) is 1. The normalized spacial score (nSPS) is 13.0. The van der Waals surface area contributed by atoms with E-state index in [1.807, 2.05) is 45.9 Å². The highest BCUT2D eigenvalue weighted by Gasteiger charge is 2.36. The first kappa shape index (κ1) is 29.7. The zero-order valence-corrected chi connectivity index (χ0v) is 23.2. The van der Waals surface area contributed by atoms with E-state index in [4.69, 9.17) is 4.74 Å². The number of anilines is 1. The third-order valence-electron chi connectivity index (χ3n) is 5.80. The van der Waals surface area contributed by atoms with E-state index in [0.717, 1.165) is 11.1 Å². The van der Waals surface area contributed by atoms with E-state index in [1.165, 1.54) is 17.0 Å². The average molecular weight is 512 g/mol. The van der Waals surface area contributed by atoms with Crippen LogP contribution in [0.3, 0.4) is 0 Å². The molecular formula is C29H41N3O5. The van der Waals surface area contributed by atoms with Crippen molar-refractivity contribution in [3.05, 3.63) is 59.2 Å². The molecule has 0 spiro atoms. The third-order valence-corrected chi connectivity index (χ3v) is 5.80. The molecule has 8 heteroatoms. The van der Waals surface area contributed by atoms with E-state index in [1.54, 1.807) is 39.8 Å². The van der Waals surface area contributed by atoms with Gasteiger partial charge in [-0.3, -0.25) is 9.59 Å². The van der Waals surface area contributed by atoms with Crippen molar-refractivity contribution in [2.75, 3.05) is 11.9 Å². The van der Waals surface area contributed by atoms with Crippen LogP contribution >= 0.6 is 0 Å². The lowest BCUT2D eigenvalue weighted by Crippen LogP contribution is -2.52. The van der Waals surface area contributed by atoms with Crippen molar-refractivity contribution in [2.45, 2.75) is 79.5 Å². The molecule has 8 nitrogen and oxygen atoms in total.